The van der Waals surface area contributed by atoms with Crippen LogP contribution in [0.2, 0.25) is 5.15 Å². The minimum absolute atomic E-state index is 0.0226. The molecule has 0 unspecified atom stereocenters. The quantitative estimate of drug-likeness (QED) is 0.662. The molecular weight excluding hydrogens is 316 g/mol. The Balaban J connectivity index is 2.26. The highest BCUT2D eigenvalue weighted by Crippen LogP contribution is 2.37. The highest BCUT2D eigenvalue weighted by molar-refractivity contribution is 6.31. The summed E-state index contributed by atoms with van der Waals surface area (Å²) in [4.78, 5) is 9.94. The van der Waals surface area contributed by atoms with Gasteiger partial charge in [-0.2, -0.15) is 5.26 Å². The van der Waals surface area contributed by atoms with Gasteiger partial charge in [0.15, 0.2) is 0 Å². The SMILES string of the molecule is [C-]#[N+]c1c(N2CCC(OCCO)CC2)nc(Cl)c(C#N)c1CC. The predicted octanol–water partition coefficient (Wildman–Crippen LogP) is 2.70. The molecule has 2 rings (SSSR count). The fourth-order valence-corrected chi connectivity index (χ4v) is 3.07. The lowest BCUT2D eigenvalue weighted by Gasteiger charge is -2.33. The molecule has 2 heterocycles. The number of ether oxygens (including phenoxy) is 1. The van der Waals surface area contributed by atoms with E-state index in [1.807, 2.05) is 17.9 Å². The molecule has 0 bridgehead atoms. The van der Waals surface area contributed by atoms with Crippen LogP contribution in [0.4, 0.5) is 11.5 Å². The second kappa shape index (κ2) is 8.12. The van der Waals surface area contributed by atoms with E-state index < -0.39 is 0 Å². The van der Waals surface area contributed by atoms with Gasteiger partial charge >= 0.3 is 0 Å². The normalized spacial score (nSPS) is 15.3. The Bertz CT molecular complexity index is 643. The molecule has 0 radical (unpaired) electrons. The van der Waals surface area contributed by atoms with Crippen LogP contribution in [0.1, 0.15) is 30.9 Å². The molecule has 7 heteroatoms. The van der Waals surface area contributed by atoms with Gasteiger partial charge in [-0.25, -0.2) is 9.83 Å². The van der Waals surface area contributed by atoms with Gasteiger partial charge in [0.2, 0.25) is 5.69 Å². The predicted molar refractivity (Wildman–Crippen MR) is 87.9 cm³/mol. The first-order chi connectivity index (χ1) is 11.2. The summed E-state index contributed by atoms with van der Waals surface area (Å²) in [5, 5.41) is 18.2. The smallest absolute Gasteiger partial charge is 0.232 e. The zero-order valence-electron chi connectivity index (χ0n) is 13.0. The summed E-state index contributed by atoms with van der Waals surface area (Å²) >= 11 is 6.14. The third-order valence-electron chi connectivity index (χ3n) is 3.97. The van der Waals surface area contributed by atoms with Crippen molar-refractivity contribution >= 4 is 23.1 Å². The van der Waals surface area contributed by atoms with Crippen LogP contribution in [0, 0.1) is 17.9 Å². The highest BCUT2D eigenvalue weighted by Gasteiger charge is 2.26. The van der Waals surface area contributed by atoms with Crippen molar-refractivity contribution in [1.82, 2.24) is 4.98 Å². The molecular formula is C16H19ClN4O2. The summed E-state index contributed by atoms with van der Waals surface area (Å²) in [6.07, 6.45) is 2.29. The number of nitriles is 1. The van der Waals surface area contributed by atoms with Crippen LogP contribution in [0.5, 0.6) is 0 Å². The van der Waals surface area contributed by atoms with E-state index in [-0.39, 0.29) is 17.9 Å². The third kappa shape index (κ3) is 3.73. The number of hydrogen-bond donors (Lipinski definition) is 1. The molecule has 23 heavy (non-hydrogen) atoms. The van der Waals surface area contributed by atoms with Gasteiger partial charge in [0, 0.05) is 13.1 Å². The maximum Gasteiger partial charge on any atom is 0.232 e. The van der Waals surface area contributed by atoms with E-state index in [0.717, 1.165) is 12.8 Å². The Hall–Kier alpha value is -1.86. The van der Waals surface area contributed by atoms with Crippen molar-refractivity contribution in [2.45, 2.75) is 32.3 Å². The largest absolute Gasteiger partial charge is 0.394 e. The second-order valence-corrected chi connectivity index (χ2v) is 5.64. The zero-order chi connectivity index (χ0) is 16.8. The summed E-state index contributed by atoms with van der Waals surface area (Å²) in [6, 6.07) is 2.05. The third-order valence-corrected chi connectivity index (χ3v) is 4.25. The lowest BCUT2D eigenvalue weighted by molar-refractivity contribution is 0.0158. The van der Waals surface area contributed by atoms with Gasteiger partial charge in [0.1, 0.15) is 17.0 Å². The van der Waals surface area contributed by atoms with Crippen molar-refractivity contribution in [2.24, 2.45) is 0 Å². The van der Waals surface area contributed by atoms with E-state index in [9.17, 15) is 5.26 Å². The van der Waals surface area contributed by atoms with Crippen LogP contribution in [-0.2, 0) is 11.2 Å². The molecule has 0 saturated carbocycles. The molecule has 0 amide bonds. The first-order valence-electron chi connectivity index (χ1n) is 7.63. The topological polar surface area (TPSA) is 73.7 Å². The number of aliphatic hydroxyl groups excluding tert-OH is 1. The van der Waals surface area contributed by atoms with E-state index in [1.54, 1.807) is 0 Å². The minimum atomic E-state index is 0.0226. The summed E-state index contributed by atoms with van der Waals surface area (Å²) < 4.78 is 5.55. The van der Waals surface area contributed by atoms with Crippen LogP contribution in [-0.4, -0.2) is 42.5 Å². The molecule has 0 atom stereocenters. The fourth-order valence-electron chi connectivity index (χ4n) is 2.83. The van der Waals surface area contributed by atoms with E-state index >= 15 is 0 Å². The number of aliphatic hydroxyl groups is 1. The molecule has 1 aromatic heterocycles. The monoisotopic (exact) mass is 334 g/mol. The van der Waals surface area contributed by atoms with Gasteiger partial charge in [-0.3, -0.25) is 0 Å². The molecule has 6 nitrogen and oxygen atoms in total. The van der Waals surface area contributed by atoms with E-state index in [1.165, 1.54) is 0 Å². The number of rotatable bonds is 5. The van der Waals surface area contributed by atoms with Crippen molar-refractivity contribution in [3.63, 3.8) is 0 Å². The summed E-state index contributed by atoms with van der Waals surface area (Å²) in [5.41, 5.74) is 1.38. The number of nitrogens with zero attached hydrogens (tertiary/aromatic N) is 4. The van der Waals surface area contributed by atoms with Crippen LogP contribution >= 0.6 is 11.6 Å². The van der Waals surface area contributed by atoms with E-state index in [0.29, 0.717) is 48.7 Å². The fraction of sp³-hybridized carbons (Fsp3) is 0.562. The number of pyridine rings is 1. The lowest BCUT2D eigenvalue weighted by Crippen LogP contribution is -2.38. The van der Waals surface area contributed by atoms with Crippen molar-refractivity contribution in [1.29, 1.82) is 5.26 Å². The van der Waals surface area contributed by atoms with Crippen molar-refractivity contribution in [3.05, 3.63) is 27.7 Å². The number of halogens is 1. The molecule has 1 aromatic rings. The average Bonchev–Trinajstić information content (AvgIpc) is 2.59. The van der Waals surface area contributed by atoms with Crippen LogP contribution < -0.4 is 4.90 Å². The number of aromatic nitrogens is 1. The molecule has 0 aromatic carbocycles. The van der Waals surface area contributed by atoms with Gasteiger partial charge in [-0.05, 0) is 24.8 Å². The van der Waals surface area contributed by atoms with Gasteiger partial charge in [-0.1, -0.05) is 18.5 Å². The van der Waals surface area contributed by atoms with Crippen molar-refractivity contribution in [3.8, 4) is 6.07 Å². The number of piperidine rings is 1. The number of anilines is 1. The molecule has 1 N–H and O–H groups in total. The van der Waals surface area contributed by atoms with Crippen molar-refractivity contribution < 1.29 is 9.84 Å². The molecule has 122 valence electrons. The zero-order valence-corrected chi connectivity index (χ0v) is 13.8. The summed E-state index contributed by atoms with van der Waals surface area (Å²) in [6.45, 7) is 11.2. The van der Waals surface area contributed by atoms with Crippen molar-refractivity contribution in [2.75, 3.05) is 31.2 Å². The first kappa shape index (κ1) is 17.5. The Morgan fingerprint density at radius 2 is 2.22 bits per heavy atom. The average molecular weight is 335 g/mol. The van der Waals surface area contributed by atoms with Gasteiger partial charge in [0.05, 0.1) is 31.5 Å². The first-order valence-corrected chi connectivity index (χ1v) is 8.01. The molecule has 1 aliphatic heterocycles. The molecule has 1 fully saturated rings. The number of hydrogen-bond acceptors (Lipinski definition) is 5. The van der Waals surface area contributed by atoms with Crippen LogP contribution in [0.25, 0.3) is 4.85 Å². The summed E-state index contributed by atoms with van der Waals surface area (Å²) in [7, 11) is 0. The van der Waals surface area contributed by atoms with E-state index in [2.05, 4.69) is 9.83 Å². The molecule has 1 saturated heterocycles. The Kier molecular flexibility index (Phi) is 6.18. The van der Waals surface area contributed by atoms with Gasteiger partial charge in [-0.15, -0.1) is 0 Å². The second-order valence-electron chi connectivity index (χ2n) is 5.29. The maximum absolute atomic E-state index is 9.24. The maximum atomic E-state index is 9.24. The van der Waals surface area contributed by atoms with Crippen LogP contribution in [0.3, 0.4) is 0 Å². The Morgan fingerprint density at radius 1 is 1.52 bits per heavy atom. The lowest BCUT2D eigenvalue weighted by atomic mass is 10.0. The Labute approximate surface area is 141 Å². The van der Waals surface area contributed by atoms with E-state index in [4.69, 9.17) is 28.0 Å². The van der Waals surface area contributed by atoms with Gasteiger partial charge in [0.25, 0.3) is 0 Å². The van der Waals surface area contributed by atoms with Crippen LogP contribution in [0.15, 0.2) is 0 Å². The molecule has 1 aliphatic rings. The minimum Gasteiger partial charge on any atom is -0.394 e. The molecule has 0 aliphatic carbocycles. The highest BCUT2D eigenvalue weighted by atomic mass is 35.5. The molecule has 0 spiro atoms. The summed E-state index contributed by atoms with van der Waals surface area (Å²) in [5.74, 6) is 0.557. The Morgan fingerprint density at radius 3 is 2.74 bits per heavy atom. The standard InChI is InChI=1S/C16H19ClN4O2/c1-3-12-13(10-18)15(17)20-16(14(12)19-2)21-6-4-11(5-7-21)23-9-8-22/h11,22H,3-9H2,1H3. The van der Waals surface area contributed by atoms with Gasteiger partial charge < -0.3 is 14.7 Å².